The molecule has 1 aromatic rings. The van der Waals surface area contributed by atoms with Gasteiger partial charge in [0.05, 0.1) is 0 Å². The van der Waals surface area contributed by atoms with Gasteiger partial charge in [-0.05, 0) is 46.6 Å². The number of amides is 2. The molecule has 0 aliphatic rings. The molecule has 1 atom stereocenters. The van der Waals surface area contributed by atoms with E-state index in [2.05, 4.69) is 48.7 Å². The van der Waals surface area contributed by atoms with Gasteiger partial charge in [-0.15, -0.1) is 0 Å². The highest BCUT2D eigenvalue weighted by Crippen LogP contribution is 2.12. The summed E-state index contributed by atoms with van der Waals surface area (Å²) in [5.41, 5.74) is 1.74. The van der Waals surface area contributed by atoms with Crippen LogP contribution in [0.1, 0.15) is 71.4 Å². The van der Waals surface area contributed by atoms with Crippen LogP contribution in [0.2, 0.25) is 0 Å². The first-order valence-electron chi connectivity index (χ1n) is 11.2. The molecule has 30 heavy (non-hydrogen) atoms. The molecule has 2 amide bonds. The van der Waals surface area contributed by atoms with Crippen LogP contribution in [0.25, 0.3) is 0 Å². The Balaban J connectivity index is 2.78. The molecule has 0 saturated carbocycles. The van der Waals surface area contributed by atoms with Gasteiger partial charge in [0.25, 0.3) is 0 Å². The fourth-order valence-corrected chi connectivity index (χ4v) is 3.08. The Labute approximate surface area is 182 Å². The van der Waals surface area contributed by atoms with Gasteiger partial charge >= 0.3 is 6.09 Å². The van der Waals surface area contributed by atoms with E-state index in [4.69, 9.17) is 4.74 Å². The van der Waals surface area contributed by atoms with Gasteiger partial charge in [0.1, 0.15) is 11.6 Å². The van der Waals surface area contributed by atoms with Crippen molar-refractivity contribution >= 4 is 12.0 Å². The number of hydrogen-bond donors (Lipinski definition) is 2. The van der Waals surface area contributed by atoms with Crippen molar-refractivity contribution in [3.05, 3.63) is 35.4 Å². The number of aryl methyl sites for hydroxylation is 1. The molecule has 6 heteroatoms. The van der Waals surface area contributed by atoms with Crippen LogP contribution < -0.4 is 10.6 Å². The molecule has 0 aliphatic heterocycles. The summed E-state index contributed by atoms with van der Waals surface area (Å²) >= 11 is 0. The second-order valence-electron chi connectivity index (χ2n) is 8.75. The zero-order valence-electron chi connectivity index (χ0n) is 19.7. The molecule has 0 saturated heterocycles. The van der Waals surface area contributed by atoms with E-state index in [0.29, 0.717) is 26.2 Å². The number of unbranched alkanes of at least 4 members (excludes halogenated alkanes) is 3. The Morgan fingerprint density at radius 3 is 2.30 bits per heavy atom. The monoisotopic (exact) mass is 419 g/mol. The van der Waals surface area contributed by atoms with Gasteiger partial charge in [0.2, 0.25) is 5.91 Å². The maximum atomic E-state index is 12.9. The van der Waals surface area contributed by atoms with Crippen molar-refractivity contribution < 1.29 is 14.3 Å². The Kier molecular flexibility index (Phi) is 11.5. The number of likely N-dealkylation sites (N-methyl/N-ethyl adjacent to an activating group) is 1. The third-order valence-corrected chi connectivity index (χ3v) is 4.76. The molecule has 0 fully saturated rings. The smallest absolute Gasteiger partial charge is 0.411 e. The van der Waals surface area contributed by atoms with Crippen LogP contribution in [-0.2, 0) is 16.1 Å². The van der Waals surface area contributed by atoms with Gasteiger partial charge in [0.15, 0.2) is 0 Å². The van der Waals surface area contributed by atoms with Crippen LogP contribution in [0.15, 0.2) is 24.3 Å². The minimum Gasteiger partial charge on any atom is -0.444 e. The molecular weight excluding hydrogens is 378 g/mol. The molecular formula is C24H41N3O3. The van der Waals surface area contributed by atoms with E-state index in [-0.39, 0.29) is 5.91 Å². The average molecular weight is 420 g/mol. The summed E-state index contributed by atoms with van der Waals surface area (Å²) < 4.78 is 5.54. The third kappa shape index (κ3) is 10.1. The Hall–Kier alpha value is -2.08. The summed E-state index contributed by atoms with van der Waals surface area (Å²) in [5, 5.41) is 6.34. The summed E-state index contributed by atoms with van der Waals surface area (Å²) in [5.74, 6) is -0.143. The number of carbonyl (C=O) groups is 2. The molecule has 1 rings (SSSR count). The third-order valence-electron chi connectivity index (χ3n) is 4.76. The second kappa shape index (κ2) is 13.3. The predicted octanol–water partition coefficient (Wildman–Crippen LogP) is 4.41. The van der Waals surface area contributed by atoms with Crippen LogP contribution in [0, 0.1) is 6.92 Å². The average Bonchev–Trinajstić information content (AvgIpc) is 2.67. The van der Waals surface area contributed by atoms with Crippen molar-refractivity contribution in [2.45, 2.75) is 85.4 Å². The van der Waals surface area contributed by atoms with E-state index in [0.717, 1.165) is 31.2 Å². The number of hydrogen-bond acceptors (Lipinski definition) is 4. The Bertz CT molecular complexity index is 638. The summed E-state index contributed by atoms with van der Waals surface area (Å²) in [6.07, 6.45) is 3.89. The summed E-state index contributed by atoms with van der Waals surface area (Å²) in [6.45, 7) is 13.6. The molecule has 6 nitrogen and oxygen atoms in total. The van der Waals surface area contributed by atoms with E-state index < -0.39 is 17.7 Å². The fraction of sp³-hybridized carbons (Fsp3) is 0.667. The molecule has 0 radical (unpaired) electrons. The normalized spacial score (nSPS) is 12.3. The van der Waals surface area contributed by atoms with Crippen LogP contribution in [0.5, 0.6) is 0 Å². The minimum atomic E-state index is -0.624. The standard InChI is InChI=1S/C24H41N3O3/c1-7-9-10-11-16-26-22(28)21(27(8-2)23(29)30-24(4,5)6)18-25-17-20-14-12-19(3)13-15-20/h12-15,21,25H,7-11,16-18H2,1-6H3,(H,26,28)/t21-/m0/s1. The van der Waals surface area contributed by atoms with E-state index in [9.17, 15) is 9.59 Å². The Morgan fingerprint density at radius 1 is 1.07 bits per heavy atom. The number of benzene rings is 1. The predicted molar refractivity (Wildman–Crippen MR) is 122 cm³/mol. The summed E-state index contributed by atoms with van der Waals surface area (Å²) in [7, 11) is 0. The molecule has 0 heterocycles. The lowest BCUT2D eigenvalue weighted by molar-refractivity contribution is -0.126. The highest BCUT2D eigenvalue weighted by molar-refractivity contribution is 5.86. The SMILES string of the molecule is CCCCCCNC(=O)[C@H](CNCc1ccc(C)cc1)N(CC)C(=O)OC(C)(C)C. The highest BCUT2D eigenvalue weighted by Gasteiger charge is 2.31. The zero-order chi connectivity index (χ0) is 22.6. The zero-order valence-corrected chi connectivity index (χ0v) is 19.7. The largest absolute Gasteiger partial charge is 0.444 e. The number of carbonyl (C=O) groups excluding carboxylic acids is 2. The minimum absolute atomic E-state index is 0.143. The lowest BCUT2D eigenvalue weighted by Crippen LogP contribution is -2.55. The lowest BCUT2D eigenvalue weighted by Gasteiger charge is -2.32. The quantitative estimate of drug-likeness (QED) is 0.493. The lowest BCUT2D eigenvalue weighted by atomic mass is 10.1. The first kappa shape index (κ1) is 26.0. The molecule has 2 N–H and O–H groups in total. The van der Waals surface area contributed by atoms with Crippen molar-refractivity contribution in [1.82, 2.24) is 15.5 Å². The number of nitrogens with one attached hydrogen (secondary N) is 2. The first-order valence-corrected chi connectivity index (χ1v) is 11.2. The maximum Gasteiger partial charge on any atom is 0.411 e. The molecule has 0 unspecified atom stereocenters. The van der Waals surface area contributed by atoms with Crippen molar-refractivity contribution in [2.75, 3.05) is 19.6 Å². The highest BCUT2D eigenvalue weighted by atomic mass is 16.6. The molecule has 0 aliphatic carbocycles. The van der Waals surface area contributed by atoms with Gasteiger partial charge < -0.3 is 15.4 Å². The molecule has 1 aromatic carbocycles. The van der Waals surface area contributed by atoms with Gasteiger partial charge in [-0.1, -0.05) is 56.0 Å². The first-order chi connectivity index (χ1) is 14.2. The van der Waals surface area contributed by atoms with E-state index in [1.165, 1.54) is 10.5 Å². The molecule has 0 spiro atoms. The van der Waals surface area contributed by atoms with Crippen molar-refractivity contribution in [3.63, 3.8) is 0 Å². The van der Waals surface area contributed by atoms with Crippen molar-refractivity contribution in [3.8, 4) is 0 Å². The fourth-order valence-electron chi connectivity index (χ4n) is 3.08. The number of ether oxygens (including phenoxy) is 1. The number of rotatable bonds is 12. The van der Waals surface area contributed by atoms with E-state index in [1.54, 1.807) is 0 Å². The Morgan fingerprint density at radius 2 is 1.73 bits per heavy atom. The van der Waals surface area contributed by atoms with Crippen LogP contribution >= 0.6 is 0 Å². The summed E-state index contributed by atoms with van der Waals surface area (Å²) in [4.78, 5) is 27.2. The van der Waals surface area contributed by atoms with Gasteiger partial charge in [-0.2, -0.15) is 0 Å². The van der Waals surface area contributed by atoms with E-state index in [1.807, 2.05) is 27.7 Å². The van der Waals surface area contributed by atoms with Crippen LogP contribution in [0.4, 0.5) is 4.79 Å². The summed E-state index contributed by atoms with van der Waals surface area (Å²) in [6, 6.07) is 7.64. The van der Waals surface area contributed by atoms with Crippen LogP contribution in [-0.4, -0.2) is 48.2 Å². The van der Waals surface area contributed by atoms with Crippen molar-refractivity contribution in [2.24, 2.45) is 0 Å². The molecule has 0 bridgehead atoms. The molecule has 170 valence electrons. The second-order valence-corrected chi connectivity index (χ2v) is 8.75. The topological polar surface area (TPSA) is 70.7 Å². The van der Waals surface area contributed by atoms with E-state index >= 15 is 0 Å². The van der Waals surface area contributed by atoms with Crippen molar-refractivity contribution in [1.29, 1.82) is 0 Å². The van der Waals surface area contributed by atoms with Crippen LogP contribution in [0.3, 0.4) is 0 Å². The van der Waals surface area contributed by atoms with Gasteiger partial charge in [-0.25, -0.2) is 4.79 Å². The number of nitrogens with zero attached hydrogens (tertiary/aromatic N) is 1. The van der Waals surface area contributed by atoms with Gasteiger partial charge in [-0.3, -0.25) is 9.69 Å². The molecule has 0 aromatic heterocycles. The maximum absolute atomic E-state index is 12.9. The van der Waals surface area contributed by atoms with Gasteiger partial charge in [0, 0.05) is 26.2 Å².